The van der Waals surface area contributed by atoms with E-state index in [9.17, 15) is 4.79 Å². The number of fused-ring (bicyclic) bond motifs is 1. The number of carboxylic acid groups (broad SMARTS) is 1. The summed E-state index contributed by atoms with van der Waals surface area (Å²) in [6, 6.07) is 1.99. The quantitative estimate of drug-likeness (QED) is 0.909. The summed E-state index contributed by atoms with van der Waals surface area (Å²) < 4.78 is 11.4. The van der Waals surface area contributed by atoms with Crippen molar-refractivity contribution in [2.24, 2.45) is 0 Å². The van der Waals surface area contributed by atoms with Gasteiger partial charge in [0.2, 0.25) is 0 Å². The molecule has 4 nitrogen and oxygen atoms in total. The van der Waals surface area contributed by atoms with Gasteiger partial charge in [-0.25, -0.2) is 0 Å². The number of benzene rings is 1. The fourth-order valence-corrected chi connectivity index (χ4v) is 3.00. The lowest BCUT2D eigenvalue weighted by atomic mass is 9.85. The van der Waals surface area contributed by atoms with Crippen LogP contribution >= 0.6 is 0 Å². The molecule has 0 unspecified atom stereocenters. The Balaban J connectivity index is 2.14. The van der Waals surface area contributed by atoms with Crippen LogP contribution in [0, 0.1) is 13.8 Å². The second-order valence-electron chi connectivity index (χ2n) is 5.57. The van der Waals surface area contributed by atoms with Gasteiger partial charge in [-0.05, 0) is 43.9 Å². The van der Waals surface area contributed by atoms with Crippen LogP contribution in [0.4, 0.5) is 0 Å². The van der Waals surface area contributed by atoms with Crippen molar-refractivity contribution in [1.29, 1.82) is 0 Å². The van der Waals surface area contributed by atoms with Gasteiger partial charge < -0.3 is 14.6 Å². The maximum Gasteiger partial charge on any atom is 0.304 e. The van der Waals surface area contributed by atoms with E-state index in [0.29, 0.717) is 13.2 Å². The largest absolute Gasteiger partial charge is 0.486 e. The van der Waals surface area contributed by atoms with E-state index >= 15 is 0 Å². The molecular formula is C15H18O4. The zero-order valence-electron chi connectivity index (χ0n) is 11.3. The Labute approximate surface area is 112 Å². The van der Waals surface area contributed by atoms with E-state index < -0.39 is 5.97 Å². The molecule has 0 spiro atoms. The van der Waals surface area contributed by atoms with Crippen LogP contribution in [-0.2, 0) is 10.2 Å². The van der Waals surface area contributed by atoms with Gasteiger partial charge in [-0.2, -0.15) is 0 Å². The molecule has 1 aromatic rings. The van der Waals surface area contributed by atoms with Crippen molar-refractivity contribution < 1.29 is 19.4 Å². The molecule has 19 heavy (non-hydrogen) atoms. The van der Waals surface area contributed by atoms with E-state index in [2.05, 4.69) is 0 Å². The highest BCUT2D eigenvalue weighted by Crippen LogP contribution is 2.57. The Morgan fingerprint density at radius 3 is 2.63 bits per heavy atom. The Hall–Kier alpha value is -1.71. The lowest BCUT2D eigenvalue weighted by Crippen LogP contribution is -2.22. The normalized spacial score (nSPS) is 19.1. The summed E-state index contributed by atoms with van der Waals surface area (Å²) in [6.45, 7) is 5.17. The molecule has 1 aromatic carbocycles. The SMILES string of the molecule is Cc1cc2c(c(C3(CC(=O)O)CC3)c1C)OCCO2. The fourth-order valence-electron chi connectivity index (χ4n) is 3.00. The first kappa shape index (κ1) is 12.3. The summed E-state index contributed by atoms with van der Waals surface area (Å²) in [5.74, 6) is 0.790. The number of aryl methyl sites for hydroxylation is 1. The summed E-state index contributed by atoms with van der Waals surface area (Å²) in [6.07, 6.45) is 2.01. The number of ether oxygens (including phenoxy) is 2. The van der Waals surface area contributed by atoms with Crippen LogP contribution in [0.2, 0.25) is 0 Å². The van der Waals surface area contributed by atoms with Crippen molar-refractivity contribution in [1.82, 2.24) is 0 Å². The molecule has 0 aromatic heterocycles. The number of carbonyl (C=O) groups is 1. The van der Waals surface area contributed by atoms with Gasteiger partial charge in [-0.15, -0.1) is 0 Å². The van der Waals surface area contributed by atoms with Gasteiger partial charge in [-0.1, -0.05) is 0 Å². The number of hydrogen-bond acceptors (Lipinski definition) is 3. The third-order valence-corrected chi connectivity index (χ3v) is 4.23. The van der Waals surface area contributed by atoms with Crippen molar-refractivity contribution >= 4 is 5.97 Å². The van der Waals surface area contributed by atoms with Gasteiger partial charge in [0.1, 0.15) is 13.2 Å². The van der Waals surface area contributed by atoms with Crippen LogP contribution in [0.25, 0.3) is 0 Å². The fraction of sp³-hybridized carbons (Fsp3) is 0.533. The van der Waals surface area contributed by atoms with E-state index in [0.717, 1.165) is 41.0 Å². The lowest BCUT2D eigenvalue weighted by molar-refractivity contribution is -0.137. The molecule has 3 rings (SSSR count). The molecule has 0 saturated heterocycles. The van der Waals surface area contributed by atoms with Crippen molar-refractivity contribution in [2.45, 2.75) is 38.5 Å². The first-order chi connectivity index (χ1) is 9.03. The second kappa shape index (κ2) is 4.15. The molecule has 0 bridgehead atoms. The van der Waals surface area contributed by atoms with Gasteiger partial charge in [0, 0.05) is 11.0 Å². The summed E-state index contributed by atoms with van der Waals surface area (Å²) in [4.78, 5) is 11.1. The Morgan fingerprint density at radius 1 is 1.32 bits per heavy atom. The zero-order valence-corrected chi connectivity index (χ0v) is 11.3. The van der Waals surface area contributed by atoms with Gasteiger partial charge in [0.05, 0.1) is 6.42 Å². The van der Waals surface area contributed by atoms with Gasteiger partial charge in [0.15, 0.2) is 11.5 Å². The molecule has 1 heterocycles. The monoisotopic (exact) mass is 262 g/mol. The van der Waals surface area contributed by atoms with Crippen molar-refractivity contribution in [3.63, 3.8) is 0 Å². The Morgan fingerprint density at radius 2 is 2.00 bits per heavy atom. The number of aliphatic carboxylic acids is 1. The molecule has 0 atom stereocenters. The molecule has 102 valence electrons. The molecule has 2 aliphatic rings. The van der Waals surface area contributed by atoms with Crippen molar-refractivity contribution in [3.8, 4) is 11.5 Å². The molecule has 1 aliphatic carbocycles. The van der Waals surface area contributed by atoms with E-state index in [4.69, 9.17) is 14.6 Å². The average molecular weight is 262 g/mol. The van der Waals surface area contributed by atoms with Crippen LogP contribution in [0.1, 0.15) is 36.0 Å². The van der Waals surface area contributed by atoms with Crippen molar-refractivity contribution in [2.75, 3.05) is 13.2 Å². The highest BCUT2D eigenvalue weighted by atomic mass is 16.6. The molecule has 1 saturated carbocycles. The minimum atomic E-state index is -0.746. The summed E-state index contributed by atoms with van der Waals surface area (Å²) >= 11 is 0. The highest BCUT2D eigenvalue weighted by molar-refractivity contribution is 5.72. The first-order valence-electron chi connectivity index (χ1n) is 6.65. The Kier molecular flexibility index (Phi) is 2.69. The van der Waals surface area contributed by atoms with Crippen LogP contribution in [-0.4, -0.2) is 24.3 Å². The van der Waals surface area contributed by atoms with E-state index in [1.807, 2.05) is 19.9 Å². The summed E-state index contributed by atoms with van der Waals surface area (Å²) in [7, 11) is 0. The van der Waals surface area contributed by atoms with Crippen LogP contribution in [0.15, 0.2) is 6.07 Å². The van der Waals surface area contributed by atoms with Gasteiger partial charge in [-0.3, -0.25) is 4.79 Å². The molecule has 1 aliphatic heterocycles. The van der Waals surface area contributed by atoms with E-state index in [1.165, 1.54) is 0 Å². The van der Waals surface area contributed by atoms with Crippen molar-refractivity contribution in [3.05, 3.63) is 22.8 Å². The number of carboxylic acids is 1. The van der Waals surface area contributed by atoms with Crippen LogP contribution < -0.4 is 9.47 Å². The smallest absolute Gasteiger partial charge is 0.304 e. The molecule has 0 amide bonds. The number of rotatable bonds is 3. The van der Waals surface area contributed by atoms with E-state index in [-0.39, 0.29) is 11.8 Å². The minimum absolute atomic E-state index is 0.174. The highest BCUT2D eigenvalue weighted by Gasteiger charge is 2.49. The third kappa shape index (κ3) is 1.95. The predicted molar refractivity (Wildman–Crippen MR) is 70.1 cm³/mol. The first-order valence-corrected chi connectivity index (χ1v) is 6.65. The average Bonchev–Trinajstić information content (AvgIpc) is 3.10. The standard InChI is InChI=1S/C15H18O4/c1-9-7-11-14(19-6-5-18-11)13(10(9)2)15(3-4-15)8-12(16)17/h7H,3-6,8H2,1-2H3,(H,16,17). The number of hydrogen-bond donors (Lipinski definition) is 1. The molecule has 4 heteroatoms. The molecule has 0 radical (unpaired) electrons. The van der Waals surface area contributed by atoms with E-state index in [1.54, 1.807) is 0 Å². The third-order valence-electron chi connectivity index (χ3n) is 4.23. The van der Waals surface area contributed by atoms with Gasteiger partial charge >= 0.3 is 5.97 Å². The lowest BCUT2D eigenvalue weighted by Gasteiger charge is -2.27. The molecular weight excluding hydrogens is 244 g/mol. The second-order valence-corrected chi connectivity index (χ2v) is 5.57. The maximum atomic E-state index is 11.1. The molecule has 1 N–H and O–H groups in total. The minimum Gasteiger partial charge on any atom is -0.486 e. The molecule has 1 fully saturated rings. The van der Waals surface area contributed by atoms with Gasteiger partial charge in [0.25, 0.3) is 0 Å². The van der Waals surface area contributed by atoms with Crippen LogP contribution in [0.5, 0.6) is 11.5 Å². The topological polar surface area (TPSA) is 55.8 Å². The predicted octanol–water partition coefficient (Wildman–Crippen LogP) is 2.58. The maximum absolute atomic E-state index is 11.1. The van der Waals surface area contributed by atoms with Crippen LogP contribution in [0.3, 0.4) is 0 Å². The Bertz CT molecular complexity index is 544. The summed E-state index contributed by atoms with van der Waals surface area (Å²) in [5.41, 5.74) is 3.09. The zero-order chi connectivity index (χ0) is 13.6. The summed E-state index contributed by atoms with van der Waals surface area (Å²) in [5, 5.41) is 9.14.